The van der Waals surface area contributed by atoms with Crippen LogP contribution in [0.2, 0.25) is 0 Å². The Bertz CT molecular complexity index is 116. The van der Waals surface area contributed by atoms with E-state index in [4.69, 9.17) is 0 Å². The molecule has 0 saturated carbocycles. The van der Waals surface area contributed by atoms with Gasteiger partial charge >= 0.3 is 0 Å². The quantitative estimate of drug-likeness (QED) is 0.570. The number of hydrogen-bond acceptors (Lipinski definition) is 1. The fraction of sp³-hybridized carbons (Fsp3) is 1.00. The molecule has 1 atom stereocenters. The van der Waals surface area contributed by atoms with E-state index in [1.807, 2.05) is 0 Å². The molecule has 1 fully saturated rings. The first-order valence-corrected chi connectivity index (χ1v) is 4.39. The molecule has 1 aliphatic rings. The lowest BCUT2D eigenvalue weighted by molar-refractivity contribution is -0.0484. The van der Waals surface area contributed by atoms with Crippen LogP contribution in [-0.4, -0.2) is 23.5 Å². The van der Waals surface area contributed by atoms with Crippen molar-refractivity contribution in [3.63, 3.8) is 0 Å². The van der Waals surface area contributed by atoms with Gasteiger partial charge in [0.25, 0.3) is 0 Å². The van der Waals surface area contributed by atoms with Crippen molar-refractivity contribution in [2.75, 3.05) is 7.05 Å². The zero-order valence-corrected chi connectivity index (χ0v) is 7.65. The maximum Gasteiger partial charge on any atom is 0.0218 e. The fourth-order valence-corrected chi connectivity index (χ4v) is 2.22. The third kappa shape index (κ3) is 0.878. The second-order valence-corrected chi connectivity index (χ2v) is 3.60. The molecule has 1 unspecified atom stereocenters. The average Bonchev–Trinajstić information content (AvgIpc) is 1.99. The Morgan fingerprint density at radius 1 is 1.40 bits per heavy atom. The monoisotopic (exact) mass is 141 g/mol. The van der Waals surface area contributed by atoms with E-state index in [0.717, 1.165) is 6.04 Å². The van der Waals surface area contributed by atoms with Gasteiger partial charge in [0.1, 0.15) is 0 Å². The van der Waals surface area contributed by atoms with Crippen LogP contribution in [0.4, 0.5) is 0 Å². The number of rotatable bonds is 2. The zero-order chi connectivity index (χ0) is 7.78. The van der Waals surface area contributed by atoms with Gasteiger partial charge < -0.3 is 0 Å². The number of hydrogen-bond donors (Lipinski definition) is 0. The zero-order valence-electron chi connectivity index (χ0n) is 7.65. The van der Waals surface area contributed by atoms with Gasteiger partial charge in [0.2, 0.25) is 0 Å². The van der Waals surface area contributed by atoms with Gasteiger partial charge in [0, 0.05) is 11.6 Å². The molecule has 1 heteroatoms. The van der Waals surface area contributed by atoms with E-state index in [1.54, 1.807) is 0 Å². The van der Waals surface area contributed by atoms with Crippen molar-refractivity contribution < 1.29 is 0 Å². The normalized spacial score (nSPS) is 31.8. The average molecular weight is 141 g/mol. The van der Waals surface area contributed by atoms with Crippen LogP contribution in [0, 0.1) is 0 Å². The van der Waals surface area contributed by atoms with Crippen molar-refractivity contribution in [3.05, 3.63) is 0 Å². The van der Waals surface area contributed by atoms with Crippen LogP contribution in [0.15, 0.2) is 0 Å². The van der Waals surface area contributed by atoms with E-state index in [-0.39, 0.29) is 0 Å². The fourth-order valence-electron chi connectivity index (χ4n) is 2.22. The molecule has 1 aliphatic heterocycles. The van der Waals surface area contributed by atoms with E-state index in [1.165, 1.54) is 19.3 Å². The highest BCUT2D eigenvalue weighted by Gasteiger charge is 2.43. The third-order valence-corrected chi connectivity index (χ3v) is 3.40. The summed E-state index contributed by atoms with van der Waals surface area (Å²) in [4.78, 5) is 2.52. The Hall–Kier alpha value is -0.0400. The first kappa shape index (κ1) is 8.06. The Labute approximate surface area is 64.4 Å². The standard InChI is InChI=1S/C9H19N/c1-5-9(6-2)7-8(3)10(9)4/h8H,5-7H2,1-4H3. The summed E-state index contributed by atoms with van der Waals surface area (Å²) >= 11 is 0. The smallest absolute Gasteiger partial charge is 0.0218 e. The summed E-state index contributed by atoms with van der Waals surface area (Å²) in [5.41, 5.74) is 0.569. The predicted molar refractivity (Wildman–Crippen MR) is 45.2 cm³/mol. The molecule has 0 spiro atoms. The lowest BCUT2D eigenvalue weighted by Crippen LogP contribution is -2.62. The van der Waals surface area contributed by atoms with Gasteiger partial charge in [0.05, 0.1) is 0 Å². The van der Waals surface area contributed by atoms with Crippen LogP contribution in [-0.2, 0) is 0 Å². The van der Waals surface area contributed by atoms with E-state index in [2.05, 4.69) is 32.7 Å². The van der Waals surface area contributed by atoms with Gasteiger partial charge in [-0.3, -0.25) is 4.90 Å². The van der Waals surface area contributed by atoms with Crippen LogP contribution < -0.4 is 0 Å². The van der Waals surface area contributed by atoms with E-state index in [9.17, 15) is 0 Å². The van der Waals surface area contributed by atoms with E-state index >= 15 is 0 Å². The molecule has 1 rings (SSSR count). The van der Waals surface area contributed by atoms with E-state index in [0.29, 0.717) is 5.54 Å². The van der Waals surface area contributed by atoms with Crippen molar-refractivity contribution in [3.8, 4) is 0 Å². The molecule has 10 heavy (non-hydrogen) atoms. The Morgan fingerprint density at radius 3 is 2.00 bits per heavy atom. The Morgan fingerprint density at radius 2 is 1.90 bits per heavy atom. The molecule has 0 aliphatic carbocycles. The molecule has 0 aromatic carbocycles. The van der Waals surface area contributed by atoms with Gasteiger partial charge in [-0.15, -0.1) is 0 Å². The van der Waals surface area contributed by atoms with Crippen LogP contribution in [0.3, 0.4) is 0 Å². The van der Waals surface area contributed by atoms with Crippen LogP contribution in [0.1, 0.15) is 40.0 Å². The molecule has 0 bridgehead atoms. The summed E-state index contributed by atoms with van der Waals surface area (Å²) in [5.74, 6) is 0. The van der Waals surface area contributed by atoms with Crippen LogP contribution in [0.5, 0.6) is 0 Å². The molecule has 1 saturated heterocycles. The van der Waals surface area contributed by atoms with Gasteiger partial charge in [-0.2, -0.15) is 0 Å². The largest absolute Gasteiger partial charge is 0.298 e. The lowest BCUT2D eigenvalue weighted by Gasteiger charge is -2.55. The molecular formula is C9H19N. The maximum atomic E-state index is 2.52. The predicted octanol–water partition coefficient (Wildman–Crippen LogP) is 2.27. The minimum Gasteiger partial charge on any atom is -0.298 e. The Balaban J connectivity index is 2.54. The van der Waals surface area contributed by atoms with E-state index < -0.39 is 0 Å². The van der Waals surface area contributed by atoms with Gasteiger partial charge in [0.15, 0.2) is 0 Å². The van der Waals surface area contributed by atoms with Crippen molar-refractivity contribution in [2.45, 2.75) is 51.6 Å². The van der Waals surface area contributed by atoms with Crippen molar-refractivity contribution >= 4 is 0 Å². The molecule has 0 aromatic heterocycles. The SMILES string of the molecule is CCC1(CC)CC(C)N1C. The first-order chi connectivity index (χ1) is 4.66. The summed E-state index contributed by atoms with van der Waals surface area (Å²) in [7, 11) is 2.25. The third-order valence-electron chi connectivity index (χ3n) is 3.40. The molecule has 0 amide bonds. The molecule has 0 N–H and O–H groups in total. The second-order valence-electron chi connectivity index (χ2n) is 3.60. The minimum absolute atomic E-state index is 0.569. The molecular weight excluding hydrogens is 122 g/mol. The van der Waals surface area contributed by atoms with Crippen LogP contribution >= 0.6 is 0 Å². The Kier molecular flexibility index (Phi) is 2.04. The van der Waals surface area contributed by atoms with Crippen molar-refractivity contribution in [1.29, 1.82) is 0 Å². The summed E-state index contributed by atoms with van der Waals surface area (Å²) in [6, 6.07) is 0.819. The maximum absolute atomic E-state index is 2.52. The minimum atomic E-state index is 0.569. The second kappa shape index (κ2) is 2.54. The van der Waals surface area contributed by atoms with Crippen molar-refractivity contribution in [2.24, 2.45) is 0 Å². The number of likely N-dealkylation sites (tertiary alicyclic amines) is 1. The highest BCUT2D eigenvalue weighted by Crippen LogP contribution is 2.39. The van der Waals surface area contributed by atoms with Gasteiger partial charge in [-0.25, -0.2) is 0 Å². The van der Waals surface area contributed by atoms with Gasteiger partial charge in [-0.05, 0) is 33.2 Å². The van der Waals surface area contributed by atoms with Crippen LogP contribution in [0.25, 0.3) is 0 Å². The molecule has 1 nitrogen and oxygen atoms in total. The van der Waals surface area contributed by atoms with Crippen molar-refractivity contribution in [1.82, 2.24) is 4.90 Å². The molecule has 0 radical (unpaired) electrons. The molecule has 1 heterocycles. The highest BCUT2D eigenvalue weighted by atomic mass is 15.3. The molecule has 60 valence electrons. The summed E-state index contributed by atoms with van der Waals surface area (Å²) in [6.45, 7) is 6.90. The summed E-state index contributed by atoms with van der Waals surface area (Å²) in [5, 5.41) is 0. The number of nitrogens with zero attached hydrogens (tertiary/aromatic N) is 1. The first-order valence-electron chi connectivity index (χ1n) is 4.39. The lowest BCUT2D eigenvalue weighted by atomic mass is 9.76. The summed E-state index contributed by atoms with van der Waals surface area (Å²) in [6.07, 6.45) is 4.02. The highest BCUT2D eigenvalue weighted by molar-refractivity contribution is 5.00. The summed E-state index contributed by atoms with van der Waals surface area (Å²) < 4.78 is 0. The molecule has 0 aromatic rings. The van der Waals surface area contributed by atoms with Gasteiger partial charge in [-0.1, -0.05) is 13.8 Å². The topological polar surface area (TPSA) is 3.24 Å².